The number of carbonyl (C=O) groups is 1. The maximum atomic E-state index is 13.3. The summed E-state index contributed by atoms with van der Waals surface area (Å²) in [6.45, 7) is 4.32. The van der Waals surface area contributed by atoms with Gasteiger partial charge in [0.25, 0.3) is 5.56 Å². The number of hydrogen-bond acceptors (Lipinski definition) is 5. The van der Waals surface area contributed by atoms with Gasteiger partial charge in [0.1, 0.15) is 18.2 Å². The van der Waals surface area contributed by atoms with Crippen molar-refractivity contribution in [1.29, 1.82) is 0 Å². The summed E-state index contributed by atoms with van der Waals surface area (Å²) in [5, 5.41) is 14.1. The van der Waals surface area contributed by atoms with Crippen LogP contribution in [0.15, 0.2) is 81.1 Å². The number of rotatable bonds is 8. The molecule has 0 bridgehead atoms. The van der Waals surface area contributed by atoms with Crippen LogP contribution in [0.25, 0.3) is 10.9 Å². The molecule has 0 aliphatic heterocycles. The maximum Gasteiger partial charge on any atom is 0.335 e. The van der Waals surface area contributed by atoms with E-state index in [1.165, 1.54) is 4.68 Å². The van der Waals surface area contributed by atoms with E-state index in [4.69, 9.17) is 14.8 Å². The number of para-hydroxylation sites is 1. The first-order valence-corrected chi connectivity index (χ1v) is 12.0. The largest absolute Gasteiger partial charge is 0.488 e. The van der Waals surface area contributed by atoms with E-state index in [0.717, 1.165) is 16.5 Å². The summed E-state index contributed by atoms with van der Waals surface area (Å²) in [5.41, 5.74) is 2.16. The topological polar surface area (TPSA) is 93.8 Å². The Bertz CT molecular complexity index is 1460. The Balaban J connectivity index is 1.66. The van der Waals surface area contributed by atoms with Gasteiger partial charge in [-0.1, -0.05) is 54.0 Å². The number of aromatic carboxylic acids is 1. The van der Waals surface area contributed by atoms with E-state index in [1.54, 1.807) is 36.5 Å². The van der Waals surface area contributed by atoms with Gasteiger partial charge in [0.05, 0.1) is 22.7 Å². The van der Waals surface area contributed by atoms with Gasteiger partial charge >= 0.3 is 5.97 Å². The Hall–Kier alpha value is -3.78. The van der Waals surface area contributed by atoms with Crippen LogP contribution >= 0.6 is 15.9 Å². The number of fused-ring (bicyclic) bond motifs is 1. The normalized spacial score (nSPS) is 12.2. The summed E-state index contributed by atoms with van der Waals surface area (Å²) in [6.07, 6.45) is 2.41. The van der Waals surface area contributed by atoms with E-state index >= 15 is 0 Å². The zero-order valence-electron chi connectivity index (χ0n) is 19.3. The fourth-order valence-corrected chi connectivity index (χ4v) is 3.88. The molecule has 0 saturated carbocycles. The molecule has 0 unspecified atom stereocenters. The van der Waals surface area contributed by atoms with Gasteiger partial charge in [-0.05, 0) is 54.4 Å². The Kier molecular flexibility index (Phi) is 7.41. The van der Waals surface area contributed by atoms with Crippen molar-refractivity contribution in [1.82, 2.24) is 9.66 Å². The summed E-state index contributed by atoms with van der Waals surface area (Å²) in [6, 6.07) is 19.4. The first-order valence-electron chi connectivity index (χ1n) is 11.2. The molecular weight excluding hydrogens is 510 g/mol. The van der Waals surface area contributed by atoms with Crippen LogP contribution in [0.1, 0.15) is 53.5 Å². The molecule has 7 nitrogen and oxygen atoms in total. The summed E-state index contributed by atoms with van der Waals surface area (Å²) in [5.74, 6) is 0.253. The van der Waals surface area contributed by atoms with Crippen molar-refractivity contribution in [2.45, 2.75) is 32.8 Å². The SMILES string of the molecule is CC[C@@H](C)c1nc2ccc(Br)cc2c(=O)n1N=Cc1ccccc1OCc1ccc(C(=O)O)cc1. The number of aromatic nitrogens is 2. The van der Waals surface area contributed by atoms with Crippen molar-refractivity contribution in [3.05, 3.63) is 104 Å². The molecule has 0 radical (unpaired) electrons. The highest BCUT2D eigenvalue weighted by Crippen LogP contribution is 2.22. The van der Waals surface area contributed by atoms with Crippen molar-refractivity contribution < 1.29 is 14.6 Å². The molecule has 4 aromatic rings. The number of carboxylic acids is 1. The van der Waals surface area contributed by atoms with Crippen LogP contribution in [-0.4, -0.2) is 27.0 Å². The van der Waals surface area contributed by atoms with E-state index in [1.807, 2.05) is 50.2 Å². The van der Waals surface area contributed by atoms with Crippen molar-refractivity contribution in [2.75, 3.05) is 0 Å². The van der Waals surface area contributed by atoms with Gasteiger partial charge in [0.15, 0.2) is 0 Å². The molecule has 1 atom stereocenters. The molecule has 8 heteroatoms. The Morgan fingerprint density at radius 1 is 1.17 bits per heavy atom. The van der Waals surface area contributed by atoms with Gasteiger partial charge in [0, 0.05) is 16.0 Å². The summed E-state index contributed by atoms with van der Waals surface area (Å²) >= 11 is 3.42. The van der Waals surface area contributed by atoms with Crippen LogP contribution in [0, 0.1) is 0 Å². The molecule has 1 heterocycles. The first-order chi connectivity index (χ1) is 16.9. The molecule has 0 spiro atoms. The zero-order chi connectivity index (χ0) is 24.9. The number of benzene rings is 3. The third-order valence-electron chi connectivity index (χ3n) is 5.71. The average molecular weight is 534 g/mol. The summed E-state index contributed by atoms with van der Waals surface area (Å²) in [4.78, 5) is 29.1. The number of hydrogen-bond donors (Lipinski definition) is 1. The van der Waals surface area contributed by atoms with Crippen LogP contribution < -0.4 is 10.3 Å². The third-order valence-corrected chi connectivity index (χ3v) is 6.21. The molecule has 0 amide bonds. The summed E-state index contributed by atoms with van der Waals surface area (Å²) in [7, 11) is 0. The van der Waals surface area contributed by atoms with Crippen molar-refractivity contribution in [2.24, 2.45) is 5.10 Å². The van der Waals surface area contributed by atoms with Crippen molar-refractivity contribution in [3.8, 4) is 5.75 Å². The van der Waals surface area contributed by atoms with Gasteiger partial charge in [-0.2, -0.15) is 9.78 Å². The Labute approximate surface area is 210 Å². The van der Waals surface area contributed by atoms with E-state index in [-0.39, 0.29) is 23.6 Å². The van der Waals surface area contributed by atoms with Gasteiger partial charge in [-0.25, -0.2) is 9.78 Å². The number of ether oxygens (including phenoxy) is 1. The van der Waals surface area contributed by atoms with E-state index in [2.05, 4.69) is 21.0 Å². The van der Waals surface area contributed by atoms with Crippen LogP contribution in [0.2, 0.25) is 0 Å². The molecule has 0 saturated heterocycles. The molecule has 1 N–H and O–H groups in total. The first kappa shape index (κ1) is 24.3. The molecule has 4 rings (SSSR count). The predicted molar refractivity (Wildman–Crippen MR) is 140 cm³/mol. The van der Waals surface area contributed by atoms with Gasteiger partial charge in [0.2, 0.25) is 0 Å². The lowest BCUT2D eigenvalue weighted by molar-refractivity contribution is 0.0697. The molecule has 0 fully saturated rings. The van der Waals surface area contributed by atoms with Crippen LogP contribution in [0.4, 0.5) is 0 Å². The standard InChI is InChI=1S/C27H24BrN3O4/c1-3-17(2)25-30-23-13-12-21(28)14-22(23)26(32)31(25)29-15-20-6-4-5-7-24(20)35-16-18-8-10-19(11-9-18)27(33)34/h4-15,17H,3,16H2,1-2H3,(H,33,34)/t17-/m1/s1. The number of nitrogens with zero attached hydrogens (tertiary/aromatic N) is 3. The quantitative estimate of drug-likeness (QED) is 0.287. The highest BCUT2D eigenvalue weighted by molar-refractivity contribution is 9.10. The molecule has 35 heavy (non-hydrogen) atoms. The minimum Gasteiger partial charge on any atom is -0.488 e. The Morgan fingerprint density at radius 2 is 1.91 bits per heavy atom. The fourth-order valence-electron chi connectivity index (χ4n) is 3.52. The second kappa shape index (κ2) is 10.7. The predicted octanol–water partition coefficient (Wildman–Crippen LogP) is 5.83. The molecule has 0 aliphatic rings. The Morgan fingerprint density at radius 3 is 2.63 bits per heavy atom. The summed E-state index contributed by atoms with van der Waals surface area (Å²) < 4.78 is 8.14. The smallest absolute Gasteiger partial charge is 0.335 e. The highest BCUT2D eigenvalue weighted by Gasteiger charge is 2.16. The third kappa shape index (κ3) is 5.49. The van der Waals surface area contributed by atoms with Gasteiger partial charge in [-0.15, -0.1) is 0 Å². The molecule has 3 aromatic carbocycles. The van der Waals surface area contributed by atoms with E-state index < -0.39 is 5.97 Å². The average Bonchev–Trinajstić information content (AvgIpc) is 2.87. The van der Waals surface area contributed by atoms with Gasteiger partial charge < -0.3 is 9.84 Å². The van der Waals surface area contributed by atoms with Crippen LogP contribution in [-0.2, 0) is 6.61 Å². The van der Waals surface area contributed by atoms with Crippen LogP contribution in [0.3, 0.4) is 0 Å². The fraction of sp³-hybridized carbons (Fsp3) is 0.185. The molecule has 0 aliphatic carbocycles. The van der Waals surface area contributed by atoms with Crippen molar-refractivity contribution >= 4 is 39.0 Å². The minimum atomic E-state index is -0.971. The monoisotopic (exact) mass is 533 g/mol. The lowest BCUT2D eigenvalue weighted by Crippen LogP contribution is -2.23. The lowest BCUT2D eigenvalue weighted by Gasteiger charge is -2.14. The second-order valence-electron chi connectivity index (χ2n) is 8.13. The minimum absolute atomic E-state index is 0.0353. The van der Waals surface area contributed by atoms with Gasteiger partial charge in [-0.3, -0.25) is 4.79 Å². The molecule has 1 aromatic heterocycles. The van der Waals surface area contributed by atoms with Crippen LogP contribution in [0.5, 0.6) is 5.75 Å². The molecular formula is C27H24BrN3O4. The van der Waals surface area contributed by atoms with Crippen molar-refractivity contribution in [3.63, 3.8) is 0 Å². The zero-order valence-corrected chi connectivity index (χ0v) is 20.9. The number of carboxylic acid groups (broad SMARTS) is 1. The number of halogens is 1. The highest BCUT2D eigenvalue weighted by atomic mass is 79.9. The maximum absolute atomic E-state index is 13.3. The van der Waals surface area contributed by atoms with E-state index in [9.17, 15) is 9.59 Å². The molecule has 178 valence electrons. The van der Waals surface area contributed by atoms with E-state index in [0.29, 0.717) is 28.0 Å². The lowest BCUT2D eigenvalue weighted by atomic mass is 10.1. The second-order valence-corrected chi connectivity index (χ2v) is 9.05.